The van der Waals surface area contributed by atoms with Crippen molar-refractivity contribution in [1.29, 1.82) is 0 Å². The van der Waals surface area contributed by atoms with E-state index in [1.165, 1.54) is 16.8 Å². The lowest BCUT2D eigenvalue weighted by molar-refractivity contribution is 0.477. The van der Waals surface area contributed by atoms with Gasteiger partial charge >= 0.3 is 0 Å². The highest BCUT2D eigenvalue weighted by molar-refractivity contribution is 5.93. The fourth-order valence-corrected chi connectivity index (χ4v) is 6.87. The molecule has 0 amide bonds. The molecular weight excluding hydrogens is 601 g/mol. The highest BCUT2D eigenvalue weighted by Crippen LogP contribution is 2.40. The molecule has 5 nitrogen and oxygen atoms in total. The van der Waals surface area contributed by atoms with Crippen molar-refractivity contribution in [2.24, 2.45) is 0 Å². The van der Waals surface area contributed by atoms with Gasteiger partial charge < -0.3 is 5.11 Å². The van der Waals surface area contributed by atoms with Crippen molar-refractivity contribution < 1.29 is 5.11 Å². The lowest BCUT2D eigenvalue weighted by Crippen LogP contribution is -2.18. The Kier molecular flexibility index (Phi) is 8.23. The first-order valence-corrected chi connectivity index (χ1v) is 17.2. The topological polar surface area (TPSA) is 55.9 Å². The van der Waals surface area contributed by atoms with E-state index in [9.17, 15) is 5.11 Å². The minimum Gasteiger partial charge on any atom is -0.507 e. The average molecular weight is 645 g/mol. The van der Waals surface area contributed by atoms with Crippen LogP contribution in [-0.4, -0.2) is 24.2 Å². The Morgan fingerprint density at radius 2 is 1.24 bits per heavy atom. The van der Waals surface area contributed by atoms with Crippen molar-refractivity contribution in [2.45, 2.75) is 65.7 Å². The lowest BCUT2D eigenvalue weighted by atomic mass is 9.92. The number of aromatic hydroxyl groups is 1. The fourth-order valence-electron chi connectivity index (χ4n) is 6.87. The summed E-state index contributed by atoms with van der Waals surface area (Å²) in [5.41, 5.74) is 11.1. The molecule has 2 heterocycles. The number of hydrogen-bond acceptors (Lipinski definition) is 3. The zero-order chi connectivity index (χ0) is 34.4. The summed E-state index contributed by atoms with van der Waals surface area (Å²) in [5, 5.41) is 10.7. The van der Waals surface area contributed by atoms with Crippen molar-refractivity contribution in [3.8, 4) is 50.9 Å². The molecule has 0 atom stereocenters. The van der Waals surface area contributed by atoms with Gasteiger partial charge in [0.2, 0.25) is 0 Å². The van der Waals surface area contributed by atoms with Gasteiger partial charge in [-0.25, -0.2) is 9.97 Å². The Hall–Kier alpha value is -5.42. The van der Waals surface area contributed by atoms with Crippen LogP contribution in [0.4, 0.5) is 0 Å². The smallest absolute Gasteiger partial charge is 0.145 e. The zero-order valence-electron chi connectivity index (χ0n) is 29.4. The number of aromatic nitrogens is 4. The van der Waals surface area contributed by atoms with Crippen LogP contribution in [0.15, 0.2) is 121 Å². The molecule has 246 valence electrons. The van der Waals surface area contributed by atoms with E-state index >= 15 is 0 Å². The monoisotopic (exact) mass is 644 g/mol. The predicted octanol–water partition coefficient (Wildman–Crippen LogP) is 11.5. The Morgan fingerprint density at radius 3 is 1.92 bits per heavy atom. The second-order valence-electron chi connectivity index (χ2n) is 14.5. The molecule has 0 bridgehead atoms. The average Bonchev–Trinajstić information content (AvgIpc) is 3.72. The normalized spacial score (nSPS) is 12.0. The lowest BCUT2D eigenvalue weighted by Gasteiger charge is -2.22. The number of para-hydroxylation sites is 4. The molecular formula is C44H44N4O. The summed E-state index contributed by atoms with van der Waals surface area (Å²) in [5.74, 6) is 2.71. The molecule has 7 aromatic rings. The molecule has 5 heteroatoms. The molecule has 7 rings (SSSR count). The first-order valence-electron chi connectivity index (χ1n) is 17.2. The van der Waals surface area contributed by atoms with Crippen molar-refractivity contribution in [2.75, 3.05) is 0 Å². The van der Waals surface area contributed by atoms with E-state index in [-0.39, 0.29) is 11.2 Å². The SMILES string of the molecule is CC(C)c1cccc(C(C)C)c1-n1cc(-c2cccc3c2nc(C(C)(C)C)n3-c2ccccc2)nc1-c1cccc(-c2ccccc2O)c1. The van der Waals surface area contributed by atoms with E-state index in [1.807, 2.05) is 36.4 Å². The van der Waals surface area contributed by atoms with E-state index in [1.54, 1.807) is 6.07 Å². The van der Waals surface area contributed by atoms with Gasteiger partial charge in [0, 0.05) is 34.0 Å². The molecule has 0 radical (unpaired) electrons. The van der Waals surface area contributed by atoms with E-state index in [0.717, 1.165) is 56.3 Å². The van der Waals surface area contributed by atoms with Gasteiger partial charge in [-0.1, -0.05) is 133 Å². The fraction of sp³-hybridized carbons (Fsp3) is 0.227. The third-order valence-corrected chi connectivity index (χ3v) is 9.27. The third-order valence-electron chi connectivity index (χ3n) is 9.27. The summed E-state index contributed by atoms with van der Waals surface area (Å²) in [6.45, 7) is 15.7. The quantitative estimate of drug-likeness (QED) is 0.188. The van der Waals surface area contributed by atoms with Crippen LogP contribution >= 0.6 is 0 Å². The number of rotatable bonds is 7. The van der Waals surface area contributed by atoms with Gasteiger partial charge in [-0.3, -0.25) is 9.13 Å². The molecule has 2 aromatic heterocycles. The summed E-state index contributed by atoms with van der Waals surface area (Å²) < 4.78 is 4.58. The molecule has 0 saturated heterocycles. The van der Waals surface area contributed by atoms with Gasteiger partial charge in [-0.2, -0.15) is 0 Å². The molecule has 1 N–H and O–H groups in total. The van der Waals surface area contributed by atoms with Crippen LogP contribution in [0.1, 0.15) is 77.3 Å². The van der Waals surface area contributed by atoms with Crippen molar-refractivity contribution in [3.63, 3.8) is 0 Å². The summed E-state index contributed by atoms with van der Waals surface area (Å²) in [6, 6.07) is 39.4. The molecule has 0 aliphatic carbocycles. The molecule has 0 fully saturated rings. The summed E-state index contributed by atoms with van der Waals surface area (Å²) in [7, 11) is 0. The largest absolute Gasteiger partial charge is 0.507 e. The van der Waals surface area contributed by atoms with Gasteiger partial charge in [-0.05, 0) is 58.9 Å². The van der Waals surface area contributed by atoms with Crippen molar-refractivity contribution in [1.82, 2.24) is 19.1 Å². The first kappa shape index (κ1) is 32.1. The van der Waals surface area contributed by atoms with Crippen LogP contribution in [0.25, 0.3) is 56.2 Å². The maximum absolute atomic E-state index is 10.7. The van der Waals surface area contributed by atoms with Crippen LogP contribution in [0.3, 0.4) is 0 Å². The molecule has 0 saturated carbocycles. The van der Waals surface area contributed by atoms with Crippen LogP contribution in [0.2, 0.25) is 0 Å². The Balaban J connectivity index is 1.52. The standard InChI is InChI=1S/C44H44N4O/c1-28(2)33-21-14-22-34(29(3)4)41(33)47-27-37(45-42(47)31-17-13-16-30(26-31)35-20-11-12-25-39(35)49)36-23-15-24-38-40(36)46-43(44(5,6)7)48(38)32-18-9-8-10-19-32/h8-29,49H,1-7H3. The Labute approximate surface area is 289 Å². The minimum absolute atomic E-state index is 0.192. The van der Waals surface area contributed by atoms with Crippen molar-refractivity contribution in [3.05, 3.63) is 138 Å². The number of phenols is 1. The maximum Gasteiger partial charge on any atom is 0.145 e. The second kappa shape index (κ2) is 12.6. The van der Waals surface area contributed by atoms with E-state index < -0.39 is 0 Å². The third kappa shape index (κ3) is 5.84. The molecule has 0 aliphatic heterocycles. The summed E-state index contributed by atoms with van der Waals surface area (Å²) in [6.07, 6.45) is 2.20. The summed E-state index contributed by atoms with van der Waals surface area (Å²) >= 11 is 0. The molecule has 0 spiro atoms. The number of hydrogen-bond donors (Lipinski definition) is 1. The second-order valence-corrected chi connectivity index (χ2v) is 14.5. The van der Waals surface area contributed by atoms with Gasteiger partial charge in [0.1, 0.15) is 17.4 Å². The first-order chi connectivity index (χ1) is 23.5. The number of imidazole rings is 2. The van der Waals surface area contributed by atoms with Gasteiger partial charge in [0.05, 0.1) is 22.4 Å². The van der Waals surface area contributed by atoms with Crippen LogP contribution < -0.4 is 0 Å². The highest BCUT2D eigenvalue weighted by Gasteiger charge is 2.27. The van der Waals surface area contributed by atoms with E-state index in [2.05, 4.69) is 137 Å². The highest BCUT2D eigenvalue weighted by atomic mass is 16.3. The molecule has 0 aliphatic rings. The molecule has 0 unspecified atom stereocenters. The number of benzene rings is 5. The Morgan fingerprint density at radius 1 is 0.633 bits per heavy atom. The van der Waals surface area contributed by atoms with E-state index in [0.29, 0.717) is 11.8 Å². The van der Waals surface area contributed by atoms with Crippen molar-refractivity contribution >= 4 is 11.0 Å². The summed E-state index contributed by atoms with van der Waals surface area (Å²) in [4.78, 5) is 10.8. The minimum atomic E-state index is -0.192. The molecule has 49 heavy (non-hydrogen) atoms. The van der Waals surface area contributed by atoms with Gasteiger partial charge in [0.15, 0.2) is 0 Å². The van der Waals surface area contributed by atoms with Crippen LogP contribution in [-0.2, 0) is 5.41 Å². The number of phenolic OH excluding ortho intramolecular Hbond substituents is 1. The zero-order valence-corrected chi connectivity index (χ0v) is 29.4. The number of nitrogens with zero attached hydrogens (tertiary/aromatic N) is 4. The van der Waals surface area contributed by atoms with Crippen LogP contribution in [0, 0.1) is 0 Å². The van der Waals surface area contributed by atoms with Gasteiger partial charge in [-0.15, -0.1) is 0 Å². The molecule has 5 aromatic carbocycles. The Bertz CT molecular complexity index is 2260. The van der Waals surface area contributed by atoms with Gasteiger partial charge in [0.25, 0.3) is 0 Å². The predicted molar refractivity (Wildman–Crippen MR) is 203 cm³/mol. The van der Waals surface area contributed by atoms with E-state index in [4.69, 9.17) is 9.97 Å². The maximum atomic E-state index is 10.7. The number of fused-ring (bicyclic) bond motifs is 1. The van der Waals surface area contributed by atoms with Crippen LogP contribution in [0.5, 0.6) is 5.75 Å².